The number of nitrogens with zero attached hydrogens (tertiary/aromatic N) is 3. The van der Waals surface area contributed by atoms with Crippen molar-refractivity contribution < 1.29 is 14.0 Å². The van der Waals surface area contributed by atoms with Crippen molar-refractivity contribution in [2.75, 3.05) is 0 Å². The highest BCUT2D eigenvalue weighted by Crippen LogP contribution is 2.17. The standard InChI is InChI=1S/C9H5ClFN3O2/c10-7-3-1-2-6(8(7)11)9(15)16-14-5-4-12-13-14/h1-5H. The van der Waals surface area contributed by atoms with Crippen LogP contribution < -0.4 is 4.84 Å². The second kappa shape index (κ2) is 4.28. The molecule has 0 spiro atoms. The highest BCUT2D eigenvalue weighted by atomic mass is 35.5. The summed E-state index contributed by atoms with van der Waals surface area (Å²) >= 11 is 5.52. The van der Waals surface area contributed by atoms with Gasteiger partial charge in [-0.3, -0.25) is 0 Å². The first-order valence-corrected chi connectivity index (χ1v) is 4.59. The molecule has 16 heavy (non-hydrogen) atoms. The average Bonchev–Trinajstić information content (AvgIpc) is 2.74. The molecular formula is C9H5ClFN3O2. The minimum atomic E-state index is -0.898. The molecule has 5 nitrogen and oxygen atoms in total. The number of carbonyl (C=O) groups excluding carboxylic acids is 1. The zero-order valence-corrected chi connectivity index (χ0v) is 8.56. The van der Waals surface area contributed by atoms with Crippen LogP contribution in [-0.2, 0) is 0 Å². The number of carbonyl (C=O) groups is 1. The van der Waals surface area contributed by atoms with Gasteiger partial charge in [0.15, 0.2) is 5.82 Å². The molecule has 0 saturated heterocycles. The summed E-state index contributed by atoms with van der Waals surface area (Å²) in [6.45, 7) is 0. The predicted octanol–water partition coefficient (Wildman–Crippen LogP) is 1.34. The highest BCUT2D eigenvalue weighted by Gasteiger charge is 2.16. The molecule has 0 atom stereocenters. The van der Waals surface area contributed by atoms with Crippen molar-refractivity contribution in [2.24, 2.45) is 0 Å². The third kappa shape index (κ3) is 2.01. The van der Waals surface area contributed by atoms with Crippen molar-refractivity contribution in [3.8, 4) is 0 Å². The Labute approximate surface area is 94.3 Å². The van der Waals surface area contributed by atoms with Crippen LogP contribution in [0.3, 0.4) is 0 Å². The van der Waals surface area contributed by atoms with Gasteiger partial charge in [-0.1, -0.05) is 22.5 Å². The van der Waals surface area contributed by atoms with E-state index in [-0.39, 0.29) is 10.6 Å². The zero-order valence-electron chi connectivity index (χ0n) is 7.80. The van der Waals surface area contributed by atoms with Crippen LogP contribution in [0, 0.1) is 5.82 Å². The first-order valence-electron chi connectivity index (χ1n) is 4.21. The number of halogens is 2. The maximum atomic E-state index is 13.4. The fraction of sp³-hybridized carbons (Fsp3) is 0. The summed E-state index contributed by atoms with van der Waals surface area (Å²) in [6.07, 6.45) is 2.63. The van der Waals surface area contributed by atoms with E-state index < -0.39 is 11.8 Å². The van der Waals surface area contributed by atoms with Gasteiger partial charge in [0.05, 0.1) is 23.0 Å². The quantitative estimate of drug-likeness (QED) is 0.745. The van der Waals surface area contributed by atoms with Gasteiger partial charge in [-0.05, 0) is 17.3 Å². The summed E-state index contributed by atoms with van der Waals surface area (Å²) in [5.41, 5.74) is -0.261. The van der Waals surface area contributed by atoms with Gasteiger partial charge in [0.2, 0.25) is 0 Å². The molecule has 0 amide bonds. The molecule has 7 heteroatoms. The molecule has 0 unspecified atom stereocenters. The molecule has 2 aromatic rings. The predicted molar refractivity (Wildman–Crippen MR) is 52.3 cm³/mol. The van der Waals surface area contributed by atoms with E-state index in [1.165, 1.54) is 30.6 Å². The van der Waals surface area contributed by atoms with Crippen molar-refractivity contribution in [3.63, 3.8) is 0 Å². The van der Waals surface area contributed by atoms with E-state index in [2.05, 4.69) is 15.1 Å². The van der Waals surface area contributed by atoms with Gasteiger partial charge < -0.3 is 4.84 Å². The lowest BCUT2D eigenvalue weighted by Crippen LogP contribution is -2.21. The maximum Gasteiger partial charge on any atom is 0.368 e. The number of hydrogen-bond donors (Lipinski definition) is 0. The Hall–Kier alpha value is -1.95. The van der Waals surface area contributed by atoms with Crippen LogP contribution in [0.1, 0.15) is 10.4 Å². The highest BCUT2D eigenvalue weighted by molar-refractivity contribution is 6.31. The average molecular weight is 242 g/mol. The van der Waals surface area contributed by atoms with Crippen LogP contribution in [0.5, 0.6) is 0 Å². The van der Waals surface area contributed by atoms with Gasteiger partial charge in [-0.15, -0.1) is 5.10 Å². The summed E-state index contributed by atoms with van der Waals surface area (Å²) in [6, 6.07) is 4.05. The molecule has 1 heterocycles. The number of hydrogen-bond acceptors (Lipinski definition) is 4. The largest absolute Gasteiger partial charge is 0.368 e. The van der Waals surface area contributed by atoms with Crippen LogP contribution in [0.25, 0.3) is 0 Å². The molecule has 0 bridgehead atoms. The first-order chi connectivity index (χ1) is 7.68. The molecule has 0 saturated carbocycles. The minimum Gasteiger partial charge on any atom is -0.312 e. The van der Waals surface area contributed by atoms with E-state index in [4.69, 9.17) is 11.6 Å². The molecule has 0 aliphatic carbocycles. The molecule has 0 N–H and O–H groups in total. The summed E-state index contributed by atoms with van der Waals surface area (Å²) in [4.78, 5) is 17.0. The van der Waals surface area contributed by atoms with Gasteiger partial charge in [0.1, 0.15) is 0 Å². The van der Waals surface area contributed by atoms with Crippen LogP contribution in [0.2, 0.25) is 5.02 Å². The second-order valence-electron chi connectivity index (χ2n) is 2.79. The van der Waals surface area contributed by atoms with Crippen LogP contribution >= 0.6 is 11.6 Å². The number of rotatable bonds is 2. The number of aromatic nitrogens is 3. The Bertz CT molecular complexity index is 515. The topological polar surface area (TPSA) is 57.0 Å². The van der Waals surface area contributed by atoms with Crippen molar-refractivity contribution in [3.05, 3.63) is 47.0 Å². The first kappa shape index (κ1) is 10.6. The van der Waals surface area contributed by atoms with E-state index >= 15 is 0 Å². The van der Waals surface area contributed by atoms with Crippen molar-refractivity contribution in [1.82, 2.24) is 15.2 Å². The molecule has 1 aromatic heterocycles. The molecule has 1 aromatic carbocycles. The molecule has 0 aliphatic heterocycles. The van der Waals surface area contributed by atoms with Crippen molar-refractivity contribution in [1.29, 1.82) is 0 Å². The molecule has 0 aliphatic rings. The van der Waals surface area contributed by atoms with E-state index in [0.717, 1.165) is 4.85 Å². The normalized spacial score (nSPS) is 10.1. The fourth-order valence-corrected chi connectivity index (χ4v) is 1.22. The SMILES string of the molecule is O=C(On1ccnn1)c1cccc(Cl)c1F. The second-order valence-corrected chi connectivity index (χ2v) is 3.19. The molecule has 0 fully saturated rings. The summed E-state index contributed by atoms with van der Waals surface area (Å²) in [5.74, 6) is -1.72. The third-order valence-corrected chi connectivity index (χ3v) is 2.04. The maximum absolute atomic E-state index is 13.4. The van der Waals surface area contributed by atoms with E-state index in [0.29, 0.717) is 0 Å². The lowest BCUT2D eigenvalue weighted by Gasteiger charge is -2.03. The van der Waals surface area contributed by atoms with E-state index in [1.54, 1.807) is 0 Å². The van der Waals surface area contributed by atoms with Gasteiger partial charge in [0.25, 0.3) is 0 Å². The summed E-state index contributed by atoms with van der Waals surface area (Å²) in [7, 11) is 0. The van der Waals surface area contributed by atoms with Gasteiger partial charge in [-0.2, -0.15) is 0 Å². The Kier molecular flexibility index (Phi) is 2.82. The zero-order chi connectivity index (χ0) is 11.5. The van der Waals surface area contributed by atoms with Gasteiger partial charge in [0, 0.05) is 0 Å². The smallest absolute Gasteiger partial charge is 0.312 e. The van der Waals surface area contributed by atoms with Crippen LogP contribution in [0.4, 0.5) is 4.39 Å². The Morgan fingerprint density at radius 2 is 2.31 bits per heavy atom. The van der Waals surface area contributed by atoms with E-state index in [1.807, 2.05) is 0 Å². The van der Waals surface area contributed by atoms with Gasteiger partial charge >= 0.3 is 5.97 Å². The van der Waals surface area contributed by atoms with Crippen LogP contribution in [0.15, 0.2) is 30.6 Å². The van der Waals surface area contributed by atoms with Crippen LogP contribution in [-0.4, -0.2) is 21.1 Å². The monoisotopic (exact) mass is 241 g/mol. The Morgan fingerprint density at radius 1 is 1.50 bits per heavy atom. The number of benzene rings is 1. The molecular weight excluding hydrogens is 237 g/mol. The summed E-state index contributed by atoms with van der Waals surface area (Å²) < 4.78 is 13.4. The summed E-state index contributed by atoms with van der Waals surface area (Å²) in [5, 5.41) is 6.68. The fourth-order valence-electron chi connectivity index (χ4n) is 1.04. The lowest BCUT2D eigenvalue weighted by atomic mass is 10.2. The van der Waals surface area contributed by atoms with Crippen molar-refractivity contribution >= 4 is 17.6 Å². The van der Waals surface area contributed by atoms with Gasteiger partial charge in [-0.25, -0.2) is 9.18 Å². The molecule has 2 rings (SSSR count). The molecule has 82 valence electrons. The lowest BCUT2D eigenvalue weighted by molar-refractivity contribution is 0.0378. The molecule has 0 radical (unpaired) electrons. The third-order valence-electron chi connectivity index (χ3n) is 1.75. The Morgan fingerprint density at radius 3 is 3.00 bits per heavy atom. The van der Waals surface area contributed by atoms with E-state index in [9.17, 15) is 9.18 Å². The minimum absolute atomic E-state index is 0.145. The van der Waals surface area contributed by atoms with Crippen molar-refractivity contribution in [2.45, 2.75) is 0 Å². The Balaban J connectivity index is 2.24.